The number of hydrogen-bond donors (Lipinski definition) is 1. The second-order valence-corrected chi connectivity index (χ2v) is 5.35. The molecule has 1 heterocycles. The minimum atomic E-state index is -0.269. The van der Waals surface area contributed by atoms with Gasteiger partial charge in [-0.25, -0.2) is 4.39 Å². The van der Waals surface area contributed by atoms with Gasteiger partial charge in [0.15, 0.2) is 0 Å². The van der Waals surface area contributed by atoms with Crippen LogP contribution in [-0.4, -0.2) is 44.6 Å². The van der Waals surface area contributed by atoms with Gasteiger partial charge in [0, 0.05) is 19.7 Å². The fourth-order valence-electron chi connectivity index (χ4n) is 2.72. The van der Waals surface area contributed by atoms with Gasteiger partial charge in [-0.05, 0) is 43.5 Å². The molecule has 2 unspecified atom stereocenters. The third-order valence-corrected chi connectivity index (χ3v) is 3.77. The molecule has 5 heteroatoms. The molecule has 0 aromatic heterocycles. The van der Waals surface area contributed by atoms with Crippen LogP contribution in [-0.2, 0) is 4.79 Å². The van der Waals surface area contributed by atoms with Crippen molar-refractivity contribution < 1.29 is 13.9 Å². The molecule has 0 saturated carbocycles. The fraction of sp³-hybridized carbons (Fsp3) is 0.533. The number of carbonyl (C=O) groups is 1. The van der Waals surface area contributed by atoms with E-state index in [1.165, 1.54) is 12.1 Å². The van der Waals surface area contributed by atoms with Gasteiger partial charge in [0.1, 0.15) is 11.6 Å². The van der Waals surface area contributed by atoms with Crippen LogP contribution in [0.4, 0.5) is 4.39 Å². The highest BCUT2D eigenvalue weighted by molar-refractivity contribution is 5.81. The van der Waals surface area contributed by atoms with E-state index in [2.05, 4.69) is 5.32 Å². The Morgan fingerprint density at radius 2 is 2.20 bits per heavy atom. The van der Waals surface area contributed by atoms with Gasteiger partial charge in [-0.15, -0.1) is 0 Å². The maximum Gasteiger partial charge on any atom is 0.239 e. The molecular weight excluding hydrogens is 259 g/mol. The number of ether oxygens (including phenoxy) is 1. The number of amides is 1. The lowest BCUT2D eigenvalue weighted by Gasteiger charge is -2.32. The Morgan fingerprint density at radius 1 is 1.45 bits per heavy atom. The van der Waals surface area contributed by atoms with Crippen molar-refractivity contribution in [2.24, 2.45) is 0 Å². The van der Waals surface area contributed by atoms with Crippen LogP contribution < -0.4 is 10.1 Å². The number of likely N-dealkylation sites (N-methyl/N-ethyl adjacent to an activating group) is 1. The third-order valence-electron chi connectivity index (χ3n) is 3.77. The zero-order valence-corrected chi connectivity index (χ0v) is 12.1. The molecule has 1 fully saturated rings. The second-order valence-electron chi connectivity index (χ2n) is 5.35. The number of hydrogen-bond acceptors (Lipinski definition) is 3. The average molecular weight is 280 g/mol. The van der Waals surface area contributed by atoms with Crippen LogP contribution in [0.3, 0.4) is 0 Å². The lowest BCUT2D eigenvalue weighted by Crippen LogP contribution is -2.47. The molecule has 0 bridgehead atoms. The number of piperidine rings is 1. The predicted octanol–water partition coefficient (Wildman–Crippen LogP) is 1.76. The zero-order valence-electron chi connectivity index (χ0n) is 12.1. The number of rotatable bonds is 3. The first-order chi connectivity index (χ1) is 9.52. The number of benzene rings is 1. The first kappa shape index (κ1) is 14.8. The van der Waals surface area contributed by atoms with E-state index in [4.69, 9.17) is 4.74 Å². The molecule has 1 aliphatic rings. The Bertz CT molecular complexity index is 491. The smallest absolute Gasteiger partial charge is 0.239 e. The maximum atomic E-state index is 13.5. The van der Waals surface area contributed by atoms with E-state index in [9.17, 15) is 9.18 Å². The SMILES string of the molecule is COc1ccc(F)cc1C1CCNC(C(=O)N(C)C)C1. The fourth-order valence-corrected chi connectivity index (χ4v) is 2.72. The number of nitrogens with zero attached hydrogens (tertiary/aromatic N) is 1. The molecule has 1 N–H and O–H groups in total. The van der Waals surface area contributed by atoms with E-state index in [1.54, 1.807) is 32.2 Å². The number of nitrogens with one attached hydrogen (secondary N) is 1. The molecular formula is C15H21FN2O2. The van der Waals surface area contributed by atoms with Crippen molar-refractivity contribution >= 4 is 5.91 Å². The van der Waals surface area contributed by atoms with E-state index in [-0.39, 0.29) is 23.7 Å². The van der Waals surface area contributed by atoms with Crippen molar-refractivity contribution in [3.63, 3.8) is 0 Å². The number of carbonyl (C=O) groups excluding carboxylic acids is 1. The van der Waals surface area contributed by atoms with E-state index in [1.807, 2.05) is 0 Å². The highest BCUT2D eigenvalue weighted by atomic mass is 19.1. The predicted molar refractivity (Wildman–Crippen MR) is 75.4 cm³/mol. The molecule has 4 nitrogen and oxygen atoms in total. The summed E-state index contributed by atoms with van der Waals surface area (Å²) in [6, 6.07) is 4.35. The summed E-state index contributed by atoms with van der Waals surface area (Å²) in [6.45, 7) is 0.745. The first-order valence-electron chi connectivity index (χ1n) is 6.81. The molecule has 0 aliphatic carbocycles. The van der Waals surface area contributed by atoms with Crippen LogP contribution in [0.25, 0.3) is 0 Å². The van der Waals surface area contributed by atoms with Gasteiger partial charge in [-0.3, -0.25) is 4.79 Å². The van der Waals surface area contributed by atoms with Crippen molar-refractivity contribution in [1.82, 2.24) is 10.2 Å². The van der Waals surface area contributed by atoms with Gasteiger partial charge in [-0.1, -0.05) is 0 Å². The van der Waals surface area contributed by atoms with Gasteiger partial charge in [-0.2, -0.15) is 0 Å². The number of halogens is 1. The Hall–Kier alpha value is -1.62. The highest BCUT2D eigenvalue weighted by Crippen LogP contribution is 2.34. The standard InChI is InChI=1S/C15H21FN2O2/c1-18(2)15(19)13-8-10(6-7-17-13)12-9-11(16)4-5-14(12)20-3/h4-5,9-10,13,17H,6-8H2,1-3H3. The maximum absolute atomic E-state index is 13.5. The minimum absolute atomic E-state index is 0.0602. The molecule has 0 radical (unpaired) electrons. The summed E-state index contributed by atoms with van der Waals surface area (Å²) in [5, 5.41) is 3.23. The Labute approximate surface area is 118 Å². The average Bonchev–Trinajstić information content (AvgIpc) is 2.46. The Kier molecular flexibility index (Phi) is 4.60. The topological polar surface area (TPSA) is 41.6 Å². The normalized spacial score (nSPS) is 22.4. The third kappa shape index (κ3) is 3.10. The highest BCUT2D eigenvalue weighted by Gasteiger charge is 2.30. The molecule has 1 aromatic rings. The summed E-state index contributed by atoms with van der Waals surface area (Å²) in [7, 11) is 5.08. The van der Waals surface area contributed by atoms with Crippen LogP contribution in [0.1, 0.15) is 24.3 Å². The van der Waals surface area contributed by atoms with E-state index >= 15 is 0 Å². The largest absolute Gasteiger partial charge is 0.496 e. The Morgan fingerprint density at radius 3 is 2.85 bits per heavy atom. The molecule has 20 heavy (non-hydrogen) atoms. The van der Waals surface area contributed by atoms with Crippen molar-refractivity contribution in [3.8, 4) is 5.75 Å². The van der Waals surface area contributed by atoms with Gasteiger partial charge < -0.3 is 15.0 Å². The quantitative estimate of drug-likeness (QED) is 0.917. The van der Waals surface area contributed by atoms with Crippen LogP contribution >= 0.6 is 0 Å². The van der Waals surface area contributed by atoms with Gasteiger partial charge in [0.05, 0.1) is 13.2 Å². The van der Waals surface area contributed by atoms with Crippen LogP contribution in [0.15, 0.2) is 18.2 Å². The first-order valence-corrected chi connectivity index (χ1v) is 6.81. The lowest BCUT2D eigenvalue weighted by molar-refractivity contribution is -0.131. The molecule has 2 rings (SSSR count). The molecule has 110 valence electrons. The molecule has 1 aliphatic heterocycles. The molecule has 1 aromatic carbocycles. The summed E-state index contributed by atoms with van der Waals surface area (Å²) in [5.74, 6) is 0.616. The van der Waals surface area contributed by atoms with E-state index in [0.717, 1.165) is 18.5 Å². The Balaban J connectivity index is 2.20. The van der Waals surface area contributed by atoms with E-state index < -0.39 is 0 Å². The van der Waals surface area contributed by atoms with Crippen LogP contribution in [0.2, 0.25) is 0 Å². The summed E-state index contributed by atoms with van der Waals surface area (Å²) < 4.78 is 18.8. The number of methoxy groups -OCH3 is 1. The van der Waals surface area contributed by atoms with Crippen molar-refractivity contribution in [2.75, 3.05) is 27.7 Å². The van der Waals surface area contributed by atoms with Crippen molar-refractivity contribution in [1.29, 1.82) is 0 Å². The summed E-state index contributed by atoms with van der Waals surface area (Å²) in [6.07, 6.45) is 1.54. The molecule has 0 spiro atoms. The van der Waals surface area contributed by atoms with Crippen LogP contribution in [0, 0.1) is 5.82 Å². The molecule has 1 amide bonds. The summed E-state index contributed by atoms with van der Waals surface area (Å²) >= 11 is 0. The van der Waals surface area contributed by atoms with Crippen molar-refractivity contribution in [2.45, 2.75) is 24.8 Å². The minimum Gasteiger partial charge on any atom is -0.496 e. The molecule has 2 atom stereocenters. The van der Waals surface area contributed by atoms with Gasteiger partial charge >= 0.3 is 0 Å². The summed E-state index contributed by atoms with van der Waals surface area (Å²) in [5.41, 5.74) is 0.852. The van der Waals surface area contributed by atoms with Crippen LogP contribution in [0.5, 0.6) is 5.75 Å². The lowest BCUT2D eigenvalue weighted by atomic mass is 9.85. The summed E-state index contributed by atoms with van der Waals surface area (Å²) in [4.78, 5) is 13.6. The molecule has 1 saturated heterocycles. The zero-order chi connectivity index (χ0) is 14.7. The van der Waals surface area contributed by atoms with Crippen molar-refractivity contribution in [3.05, 3.63) is 29.6 Å². The van der Waals surface area contributed by atoms with Gasteiger partial charge in [0.2, 0.25) is 5.91 Å². The van der Waals surface area contributed by atoms with E-state index in [0.29, 0.717) is 12.2 Å². The second kappa shape index (κ2) is 6.22. The van der Waals surface area contributed by atoms with Gasteiger partial charge in [0.25, 0.3) is 0 Å². The monoisotopic (exact) mass is 280 g/mol.